The Labute approximate surface area is 146 Å². The fraction of sp³-hybridized carbons (Fsp3) is 0.300. The first kappa shape index (κ1) is 15.8. The zero-order chi connectivity index (χ0) is 17.6. The van der Waals surface area contributed by atoms with E-state index < -0.39 is 0 Å². The summed E-state index contributed by atoms with van der Waals surface area (Å²) in [6, 6.07) is 9.37. The lowest BCUT2D eigenvalue weighted by Crippen LogP contribution is -2.31. The second-order valence-electron chi connectivity index (χ2n) is 6.89. The van der Waals surface area contributed by atoms with Crippen molar-refractivity contribution in [2.24, 2.45) is 0 Å². The van der Waals surface area contributed by atoms with E-state index in [1.54, 1.807) is 13.2 Å². The number of methoxy groups -OCH3 is 1. The molecule has 0 radical (unpaired) electrons. The Morgan fingerprint density at radius 1 is 1.20 bits per heavy atom. The van der Waals surface area contributed by atoms with Crippen LogP contribution in [0, 0.1) is 0 Å². The molecule has 0 aliphatic carbocycles. The molecule has 5 nitrogen and oxygen atoms in total. The van der Waals surface area contributed by atoms with Gasteiger partial charge in [-0.2, -0.15) is 0 Å². The van der Waals surface area contributed by atoms with Crippen LogP contribution in [0.2, 0.25) is 0 Å². The van der Waals surface area contributed by atoms with Gasteiger partial charge in [-0.3, -0.25) is 0 Å². The Hall–Kier alpha value is -2.66. The van der Waals surface area contributed by atoms with Crippen LogP contribution >= 0.6 is 0 Å². The largest absolute Gasteiger partial charge is 0.507 e. The minimum Gasteiger partial charge on any atom is -0.507 e. The molecule has 2 heterocycles. The Morgan fingerprint density at radius 2 is 2.00 bits per heavy atom. The minimum atomic E-state index is -0.145. The standard InChI is InChI=1S/C20H21NO4/c1-20(2)9-18-19-15(10-24-18)13(6-7-16(19)21-20)14-5-4-12(8-17(14)22)25-11-23-3/h4-9,21-22H,10-11H2,1-3H3. The van der Waals surface area contributed by atoms with Gasteiger partial charge in [0.1, 0.15) is 23.9 Å². The number of hydrogen-bond acceptors (Lipinski definition) is 5. The molecule has 2 aromatic carbocycles. The van der Waals surface area contributed by atoms with Crippen LogP contribution in [0.1, 0.15) is 25.0 Å². The molecule has 0 spiro atoms. The lowest BCUT2D eigenvalue weighted by atomic mass is 9.89. The first-order valence-electron chi connectivity index (χ1n) is 8.24. The average molecular weight is 339 g/mol. The van der Waals surface area contributed by atoms with Gasteiger partial charge in [0.25, 0.3) is 0 Å². The highest BCUT2D eigenvalue weighted by atomic mass is 16.7. The van der Waals surface area contributed by atoms with Crippen molar-refractivity contribution in [3.63, 3.8) is 0 Å². The van der Waals surface area contributed by atoms with E-state index in [4.69, 9.17) is 14.2 Å². The second-order valence-corrected chi connectivity index (χ2v) is 6.89. The van der Waals surface area contributed by atoms with Crippen LogP contribution in [0.3, 0.4) is 0 Å². The summed E-state index contributed by atoms with van der Waals surface area (Å²) in [6.07, 6.45) is 2.11. The second kappa shape index (κ2) is 5.70. The molecule has 2 aromatic rings. The lowest BCUT2D eigenvalue weighted by Gasteiger charge is -2.30. The molecule has 25 heavy (non-hydrogen) atoms. The number of rotatable bonds is 4. The normalized spacial score (nSPS) is 16.5. The van der Waals surface area contributed by atoms with Crippen molar-refractivity contribution in [1.82, 2.24) is 0 Å². The number of aromatic hydroxyl groups is 1. The third-order valence-electron chi connectivity index (χ3n) is 4.48. The maximum atomic E-state index is 10.5. The highest BCUT2D eigenvalue weighted by Gasteiger charge is 2.33. The molecule has 0 fully saturated rings. The van der Waals surface area contributed by atoms with E-state index in [0.29, 0.717) is 12.4 Å². The fourth-order valence-electron chi connectivity index (χ4n) is 3.44. The van der Waals surface area contributed by atoms with Crippen LogP contribution in [-0.2, 0) is 16.1 Å². The van der Waals surface area contributed by atoms with Crippen LogP contribution < -0.4 is 10.1 Å². The van der Waals surface area contributed by atoms with Crippen molar-refractivity contribution in [1.29, 1.82) is 0 Å². The molecule has 2 aliphatic heterocycles. The van der Waals surface area contributed by atoms with Crippen LogP contribution in [0.15, 0.2) is 36.4 Å². The highest BCUT2D eigenvalue weighted by molar-refractivity contribution is 5.88. The van der Waals surface area contributed by atoms with Gasteiger partial charge >= 0.3 is 0 Å². The van der Waals surface area contributed by atoms with Gasteiger partial charge in [0, 0.05) is 35.6 Å². The van der Waals surface area contributed by atoms with Crippen molar-refractivity contribution in [2.45, 2.75) is 26.0 Å². The Balaban J connectivity index is 1.77. The zero-order valence-corrected chi connectivity index (χ0v) is 14.6. The van der Waals surface area contributed by atoms with Gasteiger partial charge in [0.05, 0.1) is 5.54 Å². The summed E-state index contributed by atoms with van der Waals surface area (Å²) in [6.45, 7) is 4.88. The maximum absolute atomic E-state index is 10.5. The van der Waals surface area contributed by atoms with Gasteiger partial charge in [0.15, 0.2) is 6.79 Å². The van der Waals surface area contributed by atoms with Crippen LogP contribution in [0.25, 0.3) is 16.9 Å². The van der Waals surface area contributed by atoms with Crippen LogP contribution in [0.4, 0.5) is 5.69 Å². The van der Waals surface area contributed by atoms with Crippen molar-refractivity contribution >= 4 is 11.4 Å². The third-order valence-corrected chi connectivity index (χ3v) is 4.48. The molecule has 0 bridgehead atoms. The Bertz CT molecular complexity index is 870. The first-order valence-corrected chi connectivity index (χ1v) is 8.24. The molecule has 2 aliphatic rings. The summed E-state index contributed by atoms with van der Waals surface area (Å²) in [5.74, 6) is 1.65. The number of hydrogen-bond donors (Lipinski definition) is 2. The first-order chi connectivity index (χ1) is 12.0. The Morgan fingerprint density at radius 3 is 2.76 bits per heavy atom. The molecule has 0 unspecified atom stereocenters. The summed E-state index contributed by atoms with van der Waals surface area (Å²) in [5.41, 5.74) is 4.84. The summed E-state index contributed by atoms with van der Waals surface area (Å²) >= 11 is 0. The summed E-state index contributed by atoms with van der Waals surface area (Å²) in [5, 5.41) is 14.0. The quantitative estimate of drug-likeness (QED) is 0.821. The smallest absolute Gasteiger partial charge is 0.188 e. The molecule has 0 aromatic heterocycles. The average Bonchev–Trinajstić information content (AvgIpc) is 2.97. The summed E-state index contributed by atoms with van der Waals surface area (Å²) < 4.78 is 16.2. The van der Waals surface area contributed by atoms with E-state index in [2.05, 4.69) is 25.2 Å². The van der Waals surface area contributed by atoms with Crippen molar-refractivity contribution in [2.75, 3.05) is 19.2 Å². The molecule has 4 rings (SSSR count). The number of anilines is 1. The minimum absolute atomic E-state index is 0.145. The van der Waals surface area contributed by atoms with E-state index in [-0.39, 0.29) is 18.1 Å². The fourth-order valence-corrected chi connectivity index (χ4v) is 3.44. The molecule has 0 saturated heterocycles. The number of phenolic OH excluding ortho intramolecular Hbond substituents is 1. The van der Waals surface area contributed by atoms with E-state index in [9.17, 15) is 5.11 Å². The zero-order valence-electron chi connectivity index (χ0n) is 14.6. The maximum Gasteiger partial charge on any atom is 0.188 e. The number of ether oxygens (including phenoxy) is 3. The van der Waals surface area contributed by atoms with Gasteiger partial charge in [-0.1, -0.05) is 6.07 Å². The van der Waals surface area contributed by atoms with Crippen molar-refractivity contribution in [3.05, 3.63) is 47.5 Å². The Kier molecular flexibility index (Phi) is 3.62. The molecule has 0 atom stereocenters. The summed E-state index contributed by atoms with van der Waals surface area (Å²) in [7, 11) is 1.56. The van der Waals surface area contributed by atoms with Crippen LogP contribution in [0.5, 0.6) is 11.5 Å². The van der Waals surface area contributed by atoms with Gasteiger partial charge in [-0.25, -0.2) is 0 Å². The SMILES string of the molecule is COCOc1ccc(-c2ccc3c4c2COC4=CC(C)(C)N3)c(O)c1. The van der Waals surface area contributed by atoms with Gasteiger partial charge in [-0.05, 0) is 43.7 Å². The molecule has 2 N–H and O–H groups in total. The molecule has 0 saturated carbocycles. The molecule has 130 valence electrons. The van der Waals surface area contributed by atoms with Gasteiger partial charge in [0.2, 0.25) is 0 Å². The number of benzene rings is 2. The predicted octanol–water partition coefficient (Wildman–Crippen LogP) is 4.12. The topological polar surface area (TPSA) is 60.0 Å². The van der Waals surface area contributed by atoms with Crippen molar-refractivity contribution in [3.8, 4) is 22.6 Å². The van der Waals surface area contributed by atoms with Gasteiger partial charge < -0.3 is 24.6 Å². The third kappa shape index (κ3) is 2.70. The van der Waals surface area contributed by atoms with E-state index in [1.807, 2.05) is 24.3 Å². The molecule has 5 heteroatoms. The summed E-state index contributed by atoms with van der Waals surface area (Å²) in [4.78, 5) is 0. The lowest BCUT2D eigenvalue weighted by molar-refractivity contribution is 0.0510. The molecular weight excluding hydrogens is 318 g/mol. The van der Waals surface area contributed by atoms with Gasteiger partial charge in [-0.15, -0.1) is 0 Å². The molecular formula is C20H21NO4. The number of phenols is 1. The highest BCUT2D eigenvalue weighted by Crippen LogP contribution is 2.46. The number of nitrogens with one attached hydrogen (secondary N) is 1. The van der Waals surface area contributed by atoms with Crippen molar-refractivity contribution < 1.29 is 19.3 Å². The van der Waals surface area contributed by atoms with E-state index in [0.717, 1.165) is 33.7 Å². The van der Waals surface area contributed by atoms with Crippen LogP contribution in [-0.4, -0.2) is 24.5 Å². The predicted molar refractivity (Wildman–Crippen MR) is 96.5 cm³/mol. The van der Waals surface area contributed by atoms with E-state index >= 15 is 0 Å². The monoisotopic (exact) mass is 339 g/mol. The molecule has 0 amide bonds. The van der Waals surface area contributed by atoms with E-state index in [1.165, 1.54) is 0 Å².